The summed E-state index contributed by atoms with van der Waals surface area (Å²) in [6, 6.07) is 5.48. The molecular weight excluding hydrogens is 292 g/mol. The second-order valence-corrected chi connectivity index (χ2v) is 7.86. The zero-order valence-corrected chi connectivity index (χ0v) is 13.9. The summed E-state index contributed by atoms with van der Waals surface area (Å²) in [6.07, 6.45) is 2.50. The lowest BCUT2D eigenvalue weighted by atomic mass is 9.92. The van der Waals surface area contributed by atoms with Gasteiger partial charge in [-0.05, 0) is 37.5 Å². The van der Waals surface area contributed by atoms with Crippen LogP contribution < -0.4 is 9.47 Å². The van der Waals surface area contributed by atoms with Gasteiger partial charge in [-0.3, -0.25) is 0 Å². The molecule has 1 atom stereocenters. The third-order valence-electron chi connectivity index (χ3n) is 3.26. The number of hydrogen-bond donors (Lipinski definition) is 1. The van der Waals surface area contributed by atoms with Crippen LogP contribution in [0.4, 0.5) is 0 Å². The summed E-state index contributed by atoms with van der Waals surface area (Å²) in [4.78, 5) is 0. The minimum Gasteiger partial charge on any atom is -0.493 e. The van der Waals surface area contributed by atoms with E-state index in [4.69, 9.17) is 9.47 Å². The van der Waals surface area contributed by atoms with Crippen molar-refractivity contribution in [2.24, 2.45) is 0 Å². The molecule has 0 bridgehead atoms. The van der Waals surface area contributed by atoms with E-state index >= 15 is 0 Å². The van der Waals surface area contributed by atoms with E-state index in [1.807, 2.05) is 12.1 Å². The first-order valence-electron chi connectivity index (χ1n) is 6.78. The Morgan fingerprint density at radius 2 is 1.81 bits per heavy atom. The van der Waals surface area contributed by atoms with E-state index in [1.165, 1.54) is 6.26 Å². The van der Waals surface area contributed by atoms with Gasteiger partial charge in [0.2, 0.25) is 0 Å². The molecule has 1 unspecified atom stereocenters. The number of hydrogen-bond acceptors (Lipinski definition) is 5. The quantitative estimate of drug-likeness (QED) is 0.792. The van der Waals surface area contributed by atoms with Crippen LogP contribution in [0, 0.1) is 0 Å². The minimum atomic E-state index is -2.99. The Morgan fingerprint density at radius 3 is 2.33 bits per heavy atom. The van der Waals surface area contributed by atoms with Crippen molar-refractivity contribution in [1.29, 1.82) is 0 Å². The Balaban J connectivity index is 2.70. The van der Waals surface area contributed by atoms with Crippen molar-refractivity contribution in [1.82, 2.24) is 0 Å². The molecule has 120 valence electrons. The molecule has 0 radical (unpaired) electrons. The van der Waals surface area contributed by atoms with E-state index in [0.717, 1.165) is 5.56 Å². The summed E-state index contributed by atoms with van der Waals surface area (Å²) in [5.74, 6) is 1.34. The normalized spacial score (nSPS) is 14.5. The molecule has 0 spiro atoms. The molecule has 0 saturated heterocycles. The Labute approximate surface area is 126 Å². The lowest BCUT2D eigenvalue weighted by molar-refractivity contribution is 0.0507. The second-order valence-electron chi connectivity index (χ2n) is 5.60. The molecule has 1 rings (SSSR count). The van der Waals surface area contributed by atoms with Gasteiger partial charge in [0, 0.05) is 18.4 Å². The average Bonchev–Trinajstić information content (AvgIpc) is 2.36. The molecule has 0 aliphatic rings. The second kappa shape index (κ2) is 7.13. The van der Waals surface area contributed by atoms with Gasteiger partial charge in [0.05, 0.1) is 19.8 Å². The van der Waals surface area contributed by atoms with E-state index in [9.17, 15) is 13.5 Å². The lowest BCUT2D eigenvalue weighted by Gasteiger charge is -2.23. The van der Waals surface area contributed by atoms with Crippen LogP contribution >= 0.6 is 0 Å². The number of methoxy groups -OCH3 is 2. The highest BCUT2D eigenvalue weighted by Crippen LogP contribution is 2.29. The monoisotopic (exact) mass is 316 g/mol. The number of benzene rings is 1. The summed E-state index contributed by atoms with van der Waals surface area (Å²) in [5, 5.41) is 10.4. The maximum atomic E-state index is 11.1. The molecule has 6 heteroatoms. The number of aliphatic hydroxyl groups is 1. The van der Waals surface area contributed by atoms with Crippen LogP contribution in [-0.4, -0.2) is 45.4 Å². The van der Waals surface area contributed by atoms with Crippen LogP contribution in [-0.2, 0) is 16.3 Å². The predicted octanol–water partition coefficient (Wildman–Crippen LogP) is 1.82. The van der Waals surface area contributed by atoms with Crippen molar-refractivity contribution in [3.05, 3.63) is 23.8 Å². The third kappa shape index (κ3) is 6.35. The lowest BCUT2D eigenvalue weighted by Crippen LogP contribution is -2.28. The zero-order valence-electron chi connectivity index (χ0n) is 13.0. The van der Waals surface area contributed by atoms with Crippen LogP contribution in [0.15, 0.2) is 18.2 Å². The maximum absolute atomic E-state index is 11.1. The van der Waals surface area contributed by atoms with Crippen molar-refractivity contribution in [2.45, 2.75) is 31.8 Å². The molecule has 0 aliphatic heterocycles. The van der Waals surface area contributed by atoms with Crippen molar-refractivity contribution in [3.8, 4) is 11.5 Å². The van der Waals surface area contributed by atoms with Gasteiger partial charge in [-0.15, -0.1) is 0 Å². The Morgan fingerprint density at radius 1 is 1.19 bits per heavy atom. The van der Waals surface area contributed by atoms with Gasteiger partial charge in [-0.1, -0.05) is 6.07 Å². The highest BCUT2D eigenvalue weighted by Gasteiger charge is 2.22. The van der Waals surface area contributed by atoms with Gasteiger partial charge in [0.25, 0.3) is 0 Å². The van der Waals surface area contributed by atoms with E-state index in [0.29, 0.717) is 30.8 Å². The van der Waals surface area contributed by atoms with Gasteiger partial charge in [0.1, 0.15) is 9.84 Å². The smallest absolute Gasteiger partial charge is 0.160 e. The summed E-state index contributed by atoms with van der Waals surface area (Å²) in [7, 11) is 0.143. The summed E-state index contributed by atoms with van der Waals surface area (Å²) >= 11 is 0. The topological polar surface area (TPSA) is 72.8 Å². The molecule has 5 nitrogen and oxygen atoms in total. The largest absolute Gasteiger partial charge is 0.493 e. The minimum absolute atomic E-state index is 0.0923. The summed E-state index contributed by atoms with van der Waals surface area (Å²) < 4.78 is 32.6. The van der Waals surface area contributed by atoms with Gasteiger partial charge in [0.15, 0.2) is 11.5 Å². The number of ether oxygens (including phenoxy) is 2. The fourth-order valence-corrected chi connectivity index (χ4v) is 2.90. The predicted molar refractivity (Wildman–Crippen MR) is 82.8 cm³/mol. The molecule has 21 heavy (non-hydrogen) atoms. The van der Waals surface area contributed by atoms with Crippen molar-refractivity contribution in [3.63, 3.8) is 0 Å². The molecule has 0 aromatic heterocycles. The van der Waals surface area contributed by atoms with Gasteiger partial charge in [-0.25, -0.2) is 8.42 Å². The molecule has 1 N–H and O–H groups in total. The fraction of sp³-hybridized carbons (Fsp3) is 0.600. The molecule has 0 aliphatic carbocycles. The average molecular weight is 316 g/mol. The SMILES string of the molecule is COc1ccc(CC(C)(O)CCCS(C)(=O)=O)cc1OC. The van der Waals surface area contributed by atoms with Crippen LogP contribution in [0.25, 0.3) is 0 Å². The van der Waals surface area contributed by atoms with Crippen molar-refractivity contribution < 1.29 is 23.0 Å². The Kier molecular flexibility index (Phi) is 6.04. The molecule has 0 fully saturated rings. The number of sulfone groups is 1. The van der Waals surface area contributed by atoms with Crippen LogP contribution in [0.2, 0.25) is 0 Å². The van der Waals surface area contributed by atoms with E-state index < -0.39 is 15.4 Å². The molecule has 1 aromatic rings. The fourth-order valence-electron chi connectivity index (χ4n) is 2.23. The first-order valence-corrected chi connectivity index (χ1v) is 8.84. The van der Waals surface area contributed by atoms with Crippen molar-refractivity contribution >= 4 is 9.84 Å². The maximum Gasteiger partial charge on any atom is 0.160 e. The Hall–Kier alpha value is -1.27. The zero-order chi connectivity index (χ0) is 16.1. The van der Waals surface area contributed by atoms with E-state index in [-0.39, 0.29) is 5.75 Å². The van der Waals surface area contributed by atoms with Crippen LogP contribution in [0.5, 0.6) is 11.5 Å². The molecule has 1 aromatic carbocycles. The van der Waals surface area contributed by atoms with Crippen LogP contribution in [0.3, 0.4) is 0 Å². The first kappa shape index (κ1) is 17.8. The van der Waals surface area contributed by atoms with Gasteiger partial charge >= 0.3 is 0 Å². The van der Waals surface area contributed by atoms with E-state index in [2.05, 4.69) is 0 Å². The van der Waals surface area contributed by atoms with Gasteiger partial charge < -0.3 is 14.6 Å². The standard InChI is InChI=1S/C15H24O5S/c1-15(16,8-5-9-21(4,17)18)11-12-6-7-13(19-2)14(10-12)20-3/h6-7,10,16H,5,8-9,11H2,1-4H3. The van der Waals surface area contributed by atoms with Crippen molar-refractivity contribution in [2.75, 3.05) is 26.2 Å². The molecule has 0 heterocycles. The van der Waals surface area contributed by atoms with Crippen LogP contribution in [0.1, 0.15) is 25.3 Å². The highest BCUT2D eigenvalue weighted by atomic mass is 32.2. The highest BCUT2D eigenvalue weighted by molar-refractivity contribution is 7.90. The molecule has 0 saturated carbocycles. The molecular formula is C15H24O5S. The third-order valence-corrected chi connectivity index (χ3v) is 4.29. The van der Waals surface area contributed by atoms with Gasteiger partial charge in [-0.2, -0.15) is 0 Å². The summed E-state index contributed by atoms with van der Waals surface area (Å²) in [5.41, 5.74) is -0.0402. The Bertz CT molecular complexity index is 563. The van der Waals surface area contributed by atoms with E-state index in [1.54, 1.807) is 27.2 Å². The molecule has 0 amide bonds. The number of rotatable bonds is 8. The summed E-state index contributed by atoms with van der Waals surface area (Å²) in [6.45, 7) is 1.71. The first-order chi connectivity index (χ1) is 9.67.